The number of nitrogens with zero attached hydrogens (tertiary/aromatic N) is 1. The summed E-state index contributed by atoms with van der Waals surface area (Å²) in [4.78, 5) is 4.40. The van der Waals surface area contributed by atoms with Gasteiger partial charge < -0.3 is 4.74 Å². The van der Waals surface area contributed by atoms with Gasteiger partial charge in [-0.1, -0.05) is 20.8 Å². The second kappa shape index (κ2) is 2.81. The number of rotatable bonds is 0. The third-order valence-electron chi connectivity index (χ3n) is 2.42. The van der Waals surface area contributed by atoms with E-state index < -0.39 is 0 Å². The molecule has 2 heterocycles. The molecule has 1 aromatic rings. The van der Waals surface area contributed by atoms with Crippen LogP contribution in [0.25, 0.3) is 0 Å². The number of ether oxygens (including phenoxy) is 1. The quantitative estimate of drug-likeness (QED) is 0.607. The van der Waals surface area contributed by atoms with E-state index in [1.54, 1.807) is 0 Å². The molecule has 0 N–H and O–H groups in total. The Morgan fingerprint density at radius 1 is 1.31 bits per heavy atom. The molecular formula is C11H15NO. The third kappa shape index (κ3) is 1.59. The smallest absolute Gasteiger partial charge is 0.0896 e. The second-order valence-electron chi connectivity index (χ2n) is 4.57. The van der Waals surface area contributed by atoms with Crippen LogP contribution >= 0.6 is 0 Å². The number of fused-ring (bicyclic) bond motifs is 1. The predicted molar refractivity (Wildman–Crippen MR) is 51.4 cm³/mol. The number of aromatic nitrogens is 1. The molecule has 0 fully saturated rings. The van der Waals surface area contributed by atoms with Crippen LogP contribution in [0.1, 0.15) is 37.6 Å². The van der Waals surface area contributed by atoms with Crippen molar-refractivity contribution in [3.8, 4) is 0 Å². The van der Waals surface area contributed by atoms with Crippen molar-refractivity contribution in [1.29, 1.82) is 0 Å². The third-order valence-corrected chi connectivity index (χ3v) is 2.42. The van der Waals surface area contributed by atoms with Crippen LogP contribution in [-0.4, -0.2) is 4.98 Å². The standard InChI is InChI=1S/C11H15NO/c1-11(2,3)9-4-8-6-13-7-10(8)12-5-9/h4-5H,6-7H2,1-3H3. The van der Waals surface area contributed by atoms with Crippen LogP contribution in [-0.2, 0) is 23.4 Å². The Kier molecular flexibility index (Phi) is 1.88. The average Bonchev–Trinajstić information content (AvgIpc) is 2.47. The van der Waals surface area contributed by atoms with Crippen LogP contribution in [0.4, 0.5) is 0 Å². The minimum atomic E-state index is 0.185. The van der Waals surface area contributed by atoms with Crippen LogP contribution < -0.4 is 0 Å². The monoisotopic (exact) mass is 177 g/mol. The molecule has 0 radical (unpaired) electrons. The Labute approximate surface area is 78.9 Å². The Hall–Kier alpha value is -0.890. The molecular weight excluding hydrogens is 162 g/mol. The van der Waals surface area contributed by atoms with Crippen molar-refractivity contribution in [3.05, 3.63) is 29.1 Å². The first-order valence-corrected chi connectivity index (χ1v) is 4.63. The lowest BCUT2D eigenvalue weighted by molar-refractivity contribution is 0.133. The molecule has 0 unspecified atom stereocenters. The lowest BCUT2D eigenvalue weighted by Gasteiger charge is -2.18. The fourth-order valence-corrected chi connectivity index (χ4v) is 1.46. The van der Waals surface area contributed by atoms with Gasteiger partial charge in [-0.15, -0.1) is 0 Å². The molecule has 0 amide bonds. The summed E-state index contributed by atoms with van der Waals surface area (Å²) in [6.07, 6.45) is 1.97. The van der Waals surface area contributed by atoms with Crippen molar-refractivity contribution in [2.45, 2.75) is 39.4 Å². The Balaban J connectivity index is 2.42. The first-order valence-electron chi connectivity index (χ1n) is 4.63. The maximum absolute atomic E-state index is 5.32. The van der Waals surface area contributed by atoms with Gasteiger partial charge >= 0.3 is 0 Å². The maximum atomic E-state index is 5.32. The normalized spacial score (nSPS) is 15.9. The van der Waals surface area contributed by atoms with Crippen LogP contribution in [0.2, 0.25) is 0 Å². The van der Waals surface area contributed by atoms with Gasteiger partial charge in [0, 0.05) is 11.8 Å². The van der Waals surface area contributed by atoms with Crippen LogP contribution in [0.5, 0.6) is 0 Å². The van der Waals surface area contributed by atoms with Crippen molar-refractivity contribution in [1.82, 2.24) is 4.98 Å². The molecule has 0 aromatic carbocycles. The molecule has 0 spiro atoms. The molecule has 0 bridgehead atoms. The predicted octanol–water partition coefficient (Wildman–Crippen LogP) is 2.41. The molecule has 0 saturated heterocycles. The Bertz CT molecular complexity index is 325. The summed E-state index contributed by atoms with van der Waals surface area (Å²) in [6, 6.07) is 2.22. The lowest BCUT2D eigenvalue weighted by Crippen LogP contribution is -2.12. The highest BCUT2D eigenvalue weighted by Crippen LogP contribution is 2.26. The first-order chi connectivity index (χ1) is 6.07. The number of pyridine rings is 1. The van der Waals surface area contributed by atoms with Crippen LogP contribution in [0.15, 0.2) is 12.3 Å². The largest absolute Gasteiger partial charge is 0.370 e. The van der Waals surface area contributed by atoms with Gasteiger partial charge in [0.1, 0.15) is 0 Å². The van der Waals surface area contributed by atoms with E-state index in [0.29, 0.717) is 6.61 Å². The summed E-state index contributed by atoms with van der Waals surface area (Å²) in [7, 11) is 0. The highest BCUT2D eigenvalue weighted by molar-refractivity contribution is 5.30. The highest BCUT2D eigenvalue weighted by Gasteiger charge is 2.18. The molecule has 2 nitrogen and oxygen atoms in total. The van der Waals surface area contributed by atoms with E-state index >= 15 is 0 Å². The van der Waals surface area contributed by atoms with E-state index in [2.05, 4.69) is 31.8 Å². The van der Waals surface area contributed by atoms with Gasteiger partial charge in [-0.3, -0.25) is 4.98 Å². The van der Waals surface area contributed by atoms with E-state index in [1.807, 2.05) is 6.20 Å². The molecule has 2 rings (SSSR count). The Morgan fingerprint density at radius 2 is 2.08 bits per heavy atom. The van der Waals surface area contributed by atoms with Gasteiger partial charge in [-0.25, -0.2) is 0 Å². The molecule has 0 aliphatic carbocycles. The SMILES string of the molecule is CC(C)(C)c1cnc2c(c1)COC2. The molecule has 0 atom stereocenters. The lowest BCUT2D eigenvalue weighted by atomic mass is 9.87. The van der Waals surface area contributed by atoms with Gasteiger partial charge in [-0.2, -0.15) is 0 Å². The number of hydrogen-bond donors (Lipinski definition) is 0. The van der Waals surface area contributed by atoms with E-state index in [4.69, 9.17) is 4.74 Å². The fraction of sp³-hybridized carbons (Fsp3) is 0.545. The summed E-state index contributed by atoms with van der Waals surface area (Å²) in [5.74, 6) is 0. The van der Waals surface area contributed by atoms with Crippen molar-refractivity contribution in [2.24, 2.45) is 0 Å². The van der Waals surface area contributed by atoms with Gasteiger partial charge in [-0.05, 0) is 17.0 Å². The minimum Gasteiger partial charge on any atom is -0.370 e. The zero-order valence-corrected chi connectivity index (χ0v) is 8.42. The van der Waals surface area contributed by atoms with Crippen molar-refractivity contribution in [3.63, 3.8) is 0 Å². The zero-order valence-electron chi connectivity index (χ0n) is 8.42. The van der Waals surface area contributed by atoms with Crippen LogP contribution in [0, 0.1) is 0 Å². The first kappa shape index (κ1) is 8.70. The highest BCUT2D eigenvalue weighted by atomic mass is 16.5. The summed E-state index contributed by atoms with van der Waals surface area (Å²) in [5, 5.41) is 0. The molecule has 70 valence electrons. The van der Waals surface area contributed by atoms with E-state index in [9.17, 15) is 0 Å². The van der Waals surface area contributed by atoms with Gasteiger partial charge in [0.25, 0.3) is 0 Å². The van der Waals surface area contributed by atoms with Gasteiger partial charge in [0.05, 0.1) is 18.9 Å². The summed E-state index contributed by atoms with van der Waals surface area (Å²) >= 11 is 0. The van der Waals surface area contributed by atoms with E-state index in [0.717, 1.165) is 12.3 Å². The molecule has 2 heteroatoms. The topological polar surface area (TPSA) is 22.1 Å². The van der Waals surface area contributed by atoms with Crippen LogP contribution in [0.3, 0.4) is 0 Å². The summed E-state index contributed by atoms with van der Waals surface area (Å²) in [6.45, 7) is 8.01. The zero-order chi connectivity index (χ0) is 9.47. The molecule has 1 aliphatic rings. The molecule has 1 aromatic heterocycles. The van der Waals surface area contributed by atoms with E-state index in [-0.39, 0.29) is 5.41 Å². The average molecular weight is 177 g/mol. The molecule has 1 aliphatic heterocycles. The van der Waals surface area contributed by atoms with Crippen molar-refractivity contribution < 1.29 is 4.74 Å². The fourth-order valence-electron chi connectivity index (χ4n) is 1.46. The van der Waals surface area contributed by atoms with Crippen molar-refractivity contribution in [2.75, 3.05) is 0 Å². The Morgan fingerprint density at radius 3 is 2.77 bits per heavy atom. The maximum Gasteiger partial charge on any atom is 0.0896 e. The number of hydrogen-bond acceptors (Lipinski definition) is 2. The van der Waals surface area contributed by atoms with Gasteiger partial charge in [0.2, 0.25) is 0 Å². The summed E-state index contributed by atoms with van der Waals surface area (Å²) in [5.41, 5.74) is 3.84. The molecule has 0 saturated carbocycles. The van der Waals surface area contributed by atoms with Crippen molar-refractivity contribution >= 4 is 0 Å². The van der Waals surface area contributed by atoms with E-state index in [1.165, 1.54) is 11.1 Å². The summed E-state index contributed by atoms with van der Waals surface area (Å²) < 4.78 is 5.32. The second-order valence-corrected chi connectivity index (χ2v) is 4.57. The van der Waals surface area contributed by atoms with Gasteiger partial charge in [0.15, 0.2) is 0 Å². The molecule has 13 heavy (non-hydrogen) atoms. The minimum absolute atomic E-state index is 0.185.